The number of hydrogen-bond donors (Lipinski definition) is 0. The number of aromatic nitrogens is 2. The van der Waals surface area contributed by atoms with Crippen molar-refractivity contribution in [3.05, 3.63) is 52.8 Å². The van der Waals surface area contributed by atoms with Crippen molar-refractivity contribution in [2.24, 2.45) is 0 Å². The number of halogens is 4. The van der Waals surface area contributed by atoms with Crippen LogP contribution in [-0.2, 0) is 6.18 Å². The highest BCUT2D eigenvalue weighted by molar-refractivity contribution is 9.10. The number of fused-ring (bicyclic) bond motifs is 1. The molecule has 0 saturated heterocycles. The summed E-state index contributed by atoms with van der Waals surface area (Å²) in [6.45, 7) is 0. The molecule has 2 aromatic heterocycles. The van der Waals surface area contributed by atoms with Crippen molar-refractivity contribution in [1.29, 1.82) is 0 Å². The average Bonchev–Trinajstić information content (AvgIpc) is 2.88. The Bertz CT molecular complexity index is 842. The van der Waals surface area contributed by atoms with Crippen molar-refractivity contribution in [3.63, 3.8) is 0 Å². The van der Waals surface area contributed by atoms with E-state index < -0.39 is 11.7 Å². The molecule has 3 rings (SSSR count). The normalized spacial score (nSPS) is 11.9. The molecule has 3 aromatic rings. The Morgan fingerprint density at radius 1 is 1.14 bits per heavy atom. The van der Waals surface area contributed by atoms with Crippen molar-refractivity contribution in [2.75, 3.05) is 7.11 Å². The third-order valence-electron chi connectivity index (χ3n) is 3.23. The predicted octanol–water partition coefficient (Wildman–Crippen LogP) is 4.79. The van der Waals surface area contributed by atoms with Gasteiger partial charge in [-0.15, -0.1) is 0 Å². The van der Waals surface area contributed by atoms with Gasteiger partial charge in [-0.3, -0.25) is 0 Å². The van der Waals surface area contributed by atoms with E-state index in [0.717, 1.165) is 22.3 Å². The number of alkyl halides is 3. The van der Waals surface area contributed by atoms with Crippen LogP contribution in [0.2, 0.25) is 0 Å². The summed E-state index contributed by atoms with van der Waals surface area (Å²) in [5, 5.41) is 0. The van der Waals surface area contributed by atoms with Crippen molar-refractivity contribution in [2.45, 2.75) is 6.18 Å². The first-order valence-electron chi connectivity index (χ1n) is 6.28. The average molecular weight is 371 g/mol. The zero-order valence-electron chi connectivity index (χ0n) is 11.4. The lowest BCUT2D eigenvalue weighted by Crippen LogP contribution is -2.05. The molecule has 22 heavy (non-hydrogen) atoms. The Morgan fingerprint density at radius 3 is 2.55 bits per heavy atom. The molecule has 0 aliphatic carbocycles. The monoisotopic (exact) mass is 370 g/mol. The van der Waals surface area contributed by atoms with Gasteiger partial charge < -0.3 is 9.14 Å². The number of methoxy groups -OCH3 is 1. The second-order valence-electron chi connectivity index (χ2n) is 4.65. The van der Waals surface area contributed by atoms with Gasteiger partial charge in [-0.05, 0) is 46.3 Å². The Labute approximate surface area is 132 Å². The highest BCUT2D eigenvalue weighted by Crippen LogP contribution is 2.33. The van der Waals surface area contributed by atoms with Crippen LogP contribution in [0.3, 0.4) is 0 Å². The number of imidazole rings is 1. The van der Waals surface area contributed by atoms with Crippen molar-refractivity contribution in [3.8, 4) is 17.0 Å². The van der Waals surface area contributed by atoms with E-state index in [2.05, 4.69) is 20.9 Å². The molecule has 7 heteroatoms. The first-order valence-corrected chi connectivity index (χ1v) is 7.07. The van der Waals surface area contributed by atoms with Crippen LogP contribution in [-0.4, -0.2) is 16.5 Å². The van der Waals surface area contributed by atoms with Crippen molar-refractivity contribution >= 4 is 21.6 Å². The second-order valence-corrected chi connectivity index (χ2v) is 5.51. The molecule has 0 aliphatic rings. The molecule has 3 nitrogen and oxygen atoms in total. The molecule has 0 amide bonds. The number of nitrogens with zero attached hydrogens (tertiary/aromatic N) is 2. The largest absolute Gasteiger partial charge is 0.497 e. The van der Waals surface area contributed by atoms with E-state index in [1.807, 2.05) is 0 Å². The number of rotatable bonds is 2. The SMILES string of the molecule is COc1ccc(-c2cn3cc(C(F)(F)F)ccc3n2)c(Br)c1. The topological polar surface area (TPSA) is 26.5 Å². The van der Waals surface area contributed by atoms with Gasteiger partial charge in [0.1, 0.15) is 11.4 Å². The van der Waals surface area contributed by atoms with Gasteiger partial charge in [0.25, 0.3) is 0 Å². The quantitative estimate of drug-likeness (QED) is 0.648. The third-order valence-corrected chi connectivity index (χ3v) is 3.89. The maximum atomic E-state index is 12.7. The maximum Gasteiger partial charge on any atom is 0.417 e. The lowest BCUT2D eigenvalue weighted by molar-refractivity contribution is -0.137. The molecule has 0 spiro atoms. The Hall–Kier alpha value is -2.02. The molecule has 0 fully saturated rings. The summed E-state index contributed by atoms with van der Waals surface area (Å²) < 4.78 is 45.5. The van der Waals surface area contributed by atoms with Crippen LogP contribution in [0.1, 0.15) is 5.56 Å². The molecule has 2 heterocycles. The standard InChI is InChI=1S/C15H10BrF3N2O/c1-22-10-3-4-11(12(16)6-10)13-8-21-7-9(15(17,18)19)2-5-14(21)20-13/h2-8H,1H3. The van der Waals surface area contributed by atoms with Crippen LogP contribution in [0.25, 0.3) is 16.9 Å². The summed E-state index contributed by atoms with van der Waals surface area (Å²) in [6, 6.07) is 7.72. The molecule has 0 bridgehead atoms. The number of hydrogen-bond acceptors (Lipinski definition) is 2. The van der Waals surface area contributed by atoms with E-state index in [-0.39, 0.29) is 0 Å². The molecule has 114 valence electrons. The zero-order chi connectivity index (χ0) is 15.9. The molecular formula is C15H10BrF3N2O. The zero-order valence-corrected chi connectivity index (χ0v) is 12.9. The summed E-state index contributed by atoms with van der Waals surface area (Å²) in [5.74, 6) is 0.679. The molecule has 0 unspecified atom stereocenters. The van der Waals surface area contributed by atoms with Crippen LogP contribution in [0, 0.1) is 0 Å². The minimum atomic E-state index is -4.38. The molecular weight excluding hydrogens is 361 g/mol. The summed E-state index contributed by atoms with van der Waals surface area (Å²) in [5.41, 5.74) is 1.09. The fraction of sp³-hybridized carbons (Fsp3) is 0.133. The fourth-order valence-electron chi connectivity index (χ4n) is 2.12. The van der Waals surface area contributed by atoms with Crippen molar-refractivity contribution in [1.82, 2.24) is 9.38 Å². The molecule has 0 atom stereocenters. The number of pyridine rings is 1. The van der Waals surface area contributed by atoms with E-state index >= 15 is 0 Å². The van der Waals surface area contributed by atoms with Crippen LogP contribution in [0.15, 0.2) is 47.2 Å². The fourth-order valence-corrected chi connectivity index (χ4v) is 2.68. The first kappa shape index (κ1) is 14.9. The smallest absolute Gasteiger partial charge is 0.417 e. The van der Waals surface area contributed by atoms with Crippen LogP contribution in [0.4, 0.5) is 13.2 Å². The third kappa shape index (κ3) is 2.68. The molecule has 1 aromatic carbocycles. The summed E-state index contributed by atoms with van der Waals surface area (Å²) in [6.07, 6.45) is -1.78. The Morgan fingerprint density at radius 2 is 1.91 bits per heavy atom. The second kappa shape index (κ2) is 5.31. The highest BCUT2D eigenvalue weighted by Gasteiger charge is 2.30. The lowest BCUT2D eigenvalue weighted by atomic mass is 10.1. The maximum absolute atomic E-state index is 12.7. The van der Waals surface area contributed by atoms with Crippen molar-refractivity contribution < 1.29 is 17.9 Å². The van der Waals surface area contributed by atoms with E-state index in [4.69, 9.17) is 4.74 Å². The summed E-state index contributed by atoms with van der Waals surface area (Å²) >= 11 is 3.42. The van der Waals surface area contributed by atoms with Gasteiger partial charge in [0.05, 0.1) is 18.4 Å². The molecule has 0 N–H and O–H groups in total. The molecule has 0 radical (unpaired) electrons. The lowest BCUT2D eigenvalue weighted by Gasteiger charge is -2.05. The van der Waals surface area contributed by atoms with E-state index in [1.54, 1.807) is 31.5 Å². The van der Waals surface area contributed by atoms with Gasteiger partial charge in [0, 0.05) is 22.4 Å². The minimum Gasteiger partial charge on any atom is -0.497 e. The highest BCUT2D eigenvalue weighted by atomic mass is 79.9. The van der Waals surface area contributed by atoms with Crippen LogP contribution < -0.4 is 4.74 Å². The number of benzene rings is 1. The number of ether oxygens (including phenoxy) is 1. The molecule has 0 saturated carbocycles. The summed E-state index contributed by atoms with van der Waals surface area (Å²) in [7, 11) is 1.56. The first-order chi connectivity index (χ1) is 10.4. The van der Waals surface area contributed by atoms with Gasteiger partial charge >= 0.3 is 6.18 Å². The molecule has 0 aliphatic heterocycles. The van der Waals surface area contributed by atoms with E-state index in [9.17, 15) is 13.2 Å². The van der Waals surface area contributed by atoms with Gasteiger partial charge in [0.15, 0.2) is 0 Å². The van der Waals surface area contributed by atoms with E-state index in [0.29, 0.717) is 17.1 Å². The summed E-state index contributed by atoms with van der Waals surface area (Å²) in [4.78, 5) is 4.35. The van der Waals surface area contributed by atoms with Crippen LogP contribution >= 0.6 is 15.9 Å². The van der Waals surface area contributed by atoms with Crippen LogP contribution in [0.5, 0.6) is 5.75 Å². The van der Waals surface area contributed by atoms with Gasteiger partial charge in [-0.2, -0.15) is 13.2 Å². The van der Waals surface area contributed by atoms with Gasteiger partial charge in [-0.1, -0.05) is 0 Å². The minimum absolute atomic E-state index is 0.450. The van der Waals surface area contributed by atoms with Gasteiger partial charge in [-0.25, -0.2) is 4.98 Å². The Balaban J connectivity index is 2.09. The predicted molar refractivity (Wildman–Crippen MR) is 79.9 cm³/mol. The Kier molecular flexibility index (Phi) is 3.60. The van der Waals surface area contributed by atoms with Gasteiger partial charge in [0.2, 0.25) is 0 Å². The van der Waals surface area contributed by atoms with E-state index in [1.165, 1.54) is 10.5 Å².